The number of amides is 2. The van der Waals surface area contributed by atoms with E-state index in [4.69, 9.17) is 9.47 Å². The van der Waals surface area contributed by atoms with Crippen molar-refractivity contribution in [2.45, 2.75) is 13.0 Å². The molecule has 0 saturated heterocycles. The van der Waals surface area contributed by atoms with E-state index in [9.17, 15) is 14.0 Å². The molecule has 136 valence electrons. The molecule has 0 unspecified atom stereocenters. The van der Waals surface area contributed by atoms with Crippen LogP contribution < -0.4 is 20.3 Å². The smallest absolute Gasteiger partial charge is 0.279 e. The minimum Gasteiger partial charge on any atom is -0.497 e. The van der Waals surface area contributed by atoms with E-state index in [-0.39, 0.29) is 5.75 Å². The van der Waals surface area contributed by atoms with Crippen molar-refractivity contribution in [3.05, 3.63) is 66.0 Å². The molecule has 2 amide bonds. The second-order valence-electron chi connectivity index (χ2n) is 5.28. The summed E-state index contributed by atoms with van der Waals surface area (Å²) >= 11 is 0. The van der Waals surface area contributed by atoms with Crippen molar-refractivity contribution in [2.24, 2.45) is 0 Å². The average molecular weight is 358 g/mol. The summed E-state index contributed by atoms with van der Waals surface area (Å²) in [6.45, 7) is 1.45. The Bertz CT molecular complexity index is 790. The number of rotatable bonds is 6. The molecule has 0 saturated carbocycles. The summed E-state index contributed by atoms with van der Waals surface area (Å²) in [5.74, 6) is -1.03. The van der Waals surface area contributed by atoms with Gasteiger partial charge in [0.2, 0.25) is 0 Å². The van der Waals surface area contributed by atoms with Gasteiger partial charge in [0.05, 0.1) is 7.11 Å². The first-order chi connectivity index (χ1) is 12.5. The first-order valence-corrected chi connectivity index (χ1v) is 7.82. The quantitative estimate of drug-likeness (QED) is 0.614. The number of carbonyl (C=O) groups excluding carboxylic acids is 2. The van der Waals surface area contributed by atoms with E-state index in [1.54, 1.807) is 43.5 Å². The van der Waals surface area contributed by atoms with Crippen molar-refractivity contribution in [1.29, 1.82) is 0 Å². The van der Waals surface area contributed by atoms with E-state index in [0.29, 0.717) is 5.75 Å². The van der Waals surface area contributed by atoms with Crippen LogP contribution in [0.4, 0.5) is 4.39 Å². The van der Waals surface area contributed by atoms with E-state index in [0.717, 1.165) is 5.56 Å². The number of hydrazine groups is 1. The molecule has 2 N–H and O–H groups in total. The minimum absolute atomic E-state index is 0.0409. The van der Waals surface area contributed by atoms with Gasteiger partial charge >= 0.3 is 0 Å². The maximum atomic E-state index is 13.5. The largest absolute Gasteiger partial charge is 0.497 e. The zero-order valence-corrected chi connectivity index (χ0v) is 14.4. The number of ether oxygens (including phenoxy) is 2. The predicted octanol–water partition coefficient (Wildman–Crippen LogP) is 2.46. The van der Waals surface area contributed by atoms with Crippen molar-refractivity contribution in [3.8, 4) is 11.5 Å². The summed E-state index contributed by atoms with van der Waals surface area (Å²) in [6, 6.07) is 12.8. The zero-order valence-electron chi connectivity index (χ0n) is 14.4. The van der Waals surface area contributed by atoms with Gasteiger partial charge in [-0.3, -0.25) is 20.4 Å². The fourth-order valence-corrected chi connectivity index (χ4v) is 1.94. The van der Waals surface area contributed by atoms with Crippen LogP contribution in [0, 0.1) is 5.82 Å². The lowest BCUT2D eigenvalue weighted by Crippen LogP contribution is -2.46. The van der Waals surface area contributed by atoms with Gasteiger partial charge in [0.1, 0.15) is 5.75 Å². The highest BCUT2D eigenvalue weighted by Gasteiger charge is 2.16. The molecule has 2 aromatic carbocycles. The van der Waals surface area contributed by atoms with Crippen molar-refractivity contribution < 1.29 is 23.5 Å². The van der Waals surface area contributed by atoms with Crippen LogP contribution in [-0.2, 0) is 9.59 Å². The molecule has 0 aliphatic carbocycles. The first-order valence-electron chi connectivity index (χ1n) is 7.82. The zero-order chi connectivity index (χ0) is 18.9. The Hall–Kier alpha value is -3.35. The maximum absolute atomic E-state index is 13.5. The topological polar surface area (TPSA) is 76.7 Å². The lowest BCUT2D eigenvalue weighted by Gasteiger charge is -2.15. The molecule has 0 heterocycles. The Labute approximate surface area is 150 Å². The van der Waals surface area contributed by atoms with E-state index in [1.807, 2.05) is 0 Å². The molecule has 0 aromatic heterocycles. The second-order valence-corrected chi connectivity index (χ2v) is 5.28. The van der Waals surface area contributed by atoms with E-state index in [2.05, 4.69) is 10.9 Å². The van der Waals surface area contributed by atoms with Crippen LogP contribution in [0.5, 0.6) is 11.5 Å². The summed E-state index contributed by atoms with van der Waals surface area (Å²) in [5, 5.41) is 0. The number of halogens is 1. The number of nitrogens with one attached hydrogen (secondary N) is 2. The molecule has 0 fully saturated rings. The van der Waals surface area contributed by atoms with E-state index >= 15 is 0 Å². The molecule has 2 rings (SSSR count). The molecule has 0 spiro atoms. The fourth-order valence-electron chi connectivity index (χ4n) is 1.94. The van der Waals surface area contributed by atoms with E-state index in [1.165, 1.54) is 31.2 Å². The van der Waals surface area contributed by atoms with Crippen LogP contribution in [-0.4, -0.2) is 25.0 Å². The molecule has 1 atom stereocenters. The van der Waals surface area contributed by atoms with Gasteiger partial charge in [-0.2, -0.15) is 0 Å². The Morgan fingerprint density at radius 1 is 1.08 bits per heavy atom. The number of hydrogen-bond acceptors (Lipinski definition) is 4. The van der Waals surface area contributed by atoms with Gasteiger partial charge in [-0.1, -0.05) is 24.3 Å². The van der Waals surface area contributed by atoms with Crippen molar-refractivity contribution in [2.75, 3.05) is 7.11 Å². The summed E-state index contributed by atoms with van der Waals surface area (Å²) in [4.78, 5) is 23.6. The molecule has 0 bridgehead atoms. The van der Waals surface area contributed by atoms with Crippen LogP contribution >= 0.6 is 0 Å². The summed E-state index contributed by atoms with van der Waals surface area (Å²) in [6.07, 6.45) is 1.86. The highest BCUT2D eigenvalue weighted by molar-refractivity contribution is 5.93. The Morgan fingerprint density at radius 3 is 2.42 bits per heavy atom. The summed E-state index contributed by atoms with van der Waals surface area (Å²) < 4.78 is 23.8. The van der Waals surface area contributed by atoms with Crippen molar-refractivity contribution >= 4 is 17.9 Å². The van der Waals surface area contributed by atoms with Crippen LogP contribution in [0.3, 0.4) is 0 Å². The van der Waals surface area contributed by atoms with Crippen LogP contribution in [0.1, 0.15) is 12.5 Å². The average Bonchev–Trinajstić information content (AvgIpc) is 2.66. The first kappa shape index (κ1) is 19.0. The number of carbonyl (C=O) groups is 2. The molecular weight excluding hydrogens is 339 g/mol. The SMILES string of the molecule is COc1ccc(/C=C/C(=O)NNC(=O)[C@@H](C)Oc2ccccc2F)cc1. The normalized spacial score (nSPS) is 11.7. The Kier molecular flexibility index (Phi) is 6.73. The van der Waals surface area contributed by atoms with Crippen molar-refractivity contribution in [1.82, 2.24) is 10.9 Å². The molecule has 2 aromatic rings. The molecule has 7 heteroatoms. The molecule has 6 nitrogen and oxygen atoms in total. The van der Waals surface area contributed by atoms with Crippen molar-refractivity contribution in [3.63, 3.8) is 0 Å². The van der Waals surface area contributed by atoms with Gasteiger partial charge < -0.3 is 9.47 Å². The standard InChI is InChI=1S/C19H19FN2O4/c1-13(26-17-6-4-3-5-16(17)20)19(24)22-21-18(23)12-9-14-7-10-15(25-2)11-8-14/h3-13H,1-2H3,(H,21,23)(H,22,24)/b12-9+/t13-/m1/s1. The molecule has 0 aliphatic heterocycles. The third kappa shape index (κ3) is 5.62. The van der Waals surface area contributed by atoms with Gasteiger partial charge in [-0.25, -0.2) is 4.39 Å². The van der Waals surface area contributed by atoms with Crippen LogP contribution in [0.25, 0.3) is 6.08 Å². The van der Waals surface area contributed by atoms with E-state index < -0.39 is 23.7 Å². The van der Waals surface area contributed by atoms with Crippen LogP contribution in [0.15, 0.2) is 54.6 Å². The van der Waals surface area contributed by atoms with Gasteiger partial charge in [0.15, 0.2) is 17.7 Å². The number of para-hydroxylation sites is 1. The third-order valence-corrected chi connectivity index (χ3v) is 3.36. The third-order valence-electron chi connectivity index (χ3n) is 3.36. The number of benzene rings is 2. The lowest BCUT2D eigenvalue weighted by atomic mass is 10.2. The lowest BCUT2D eigenvalue weighted by molar-refractivity contribution is -0.131. The van der Waals surface area contributed by atoms with Gasteiger partial charge in [0.25, 0.3) is 11.8 Å². The van der Waals surface area contributed by atoms with Gasteiger partial charge in [-0.15, -0.1) is 0 Å². The monoisotopic (exact) mass is 358 g/mol. The highest BCUT2D eigenvalue weighted by Crippen LogP contribution is 2.17. The summed E-state index contributed by atoms with van der Waals surface area (Å²) in [7, 11) is 1.57. The minimum atomic E-state index is -0.988. The van der Waals surface area contributed by atoms with Gasteiger partial charge in [-0.05, 0) is 42.8 Å². The second kappa shape index (κ2) is 9.22. The maximum Gasteiger partial charge on any atom is 0.279 e. The van der Waals surface area contributed by atoms with Crippen LogP contribution in [0.2, 0.25) is 0 Å². The number of methoxy groups -OCH3 is 1. The summed E-state index contributed by atoms with van der Waals surface area (Å²) in [5.41, 5.74) is 5.25. The number of hydrogen-bond donors (Lipinski definition) is 2. The molecule has 0 aliphatic rings. The predicted molar refractivity (Wildman–Crippen MR) is 94.8 cm³/mol. The fraction of sp³-hybridized carbons (Fsp3) is 0.158. The molecule has 26 heavy (non-hydrogen) atoms. The Morgan fingerprint density at radius 2 is 1.77 bits per heavy atom. The Balaban J connectivity index is 1.81. The molecule has 0 radical (unpaired) electrons. The highest BCUT2D eigenvalue weighted by atomic mass is 19.1. The molecular formula is C19H19FN2O4. The van der Waals surface area contributed by atoms with Gasteiger partial charge in [0, 0.05) is 6.08 Å².